The van der Waals surface area contributed by atoms with Gasteiger partial charge >= 0.3 is 0 Å². The molecule has 1 N–H and O–H groups in total. The molecule has 0 aliphatic heterocycles. The van der Waals surface area contributed by atoms with Crippen LogP contribution in [0, 0.1) is 11.6 Å². The Morgan fingerprint density at radius 2 is 1.76 bits per heavy atom. The Balaban J connectivity index is 2.14. The molecule has 0 bridgehead atoms. The largest absolute Gasteiger partial charge is 0.346 e. The second kappa shape index (κ2) is 6.41. The summed E-state index contributed by atoms with van der Waals surface area (Å²) in [5.74, 6) is -2.57. The summed E-state index contributed by atoms with van der Waals surface area (Å²) in [7, 11) is 0. The predicted molar refractivity (Wildman–Crippen MR) is 78.7 cm³/mol. The third kappa shape index (κ3) is 3.71. The lowest BCUT2D eigenvalue weighted by molar-refractivity contribution is 0.0939. The molecule has 0 radical (unpaired) electrons. The van der Waals surface area contributed by atoms with Crippen LogP contribution in [0.15, 0.2) is 36.4 Å². The van der Waals surface area contributed by atoms with E-state index in [-0.39, 0.29) is 11.6 Å². The molecule has 2 aromatic rings. The maximum Gasteiger partial charge on any atom is 0.251 e. The van der Waals surface area contributed by atoms with Crippen molar-refractivity contribution in [1.82, 2.24) is 5.32 Å². The summed E-state index contributed by atoms with van der Waals surface area (Å²) in [6, 6.07) is 7.61. The standard InChI is InChI=1S/C15H11Cl2F2NO/c1-8(9-2-4-11(16)12(17)6-9)20-15(21)10-3-5-13(18)14(19)7-10/h2-8H,1H3,(H,20,21). The van der Waals surface area contributed by atoms with Crippen LogP contribution in [-0.4, -0.2) is 5.91 Å². The summed E-state index contributed by atoms with van der Waals surface area (Å²) in [4.78, 5) is 12.0. The van der Waals surface area contributed by atoms with Gasteiger partial charge in [-0.2, -0.15) is 0 Å². The minimum atomic E-state index is -1.06. The molecule has 1 amide bonds. The van der Waals surface area contributed by atoms with Crippen molar-refractivity contribution in [3.63, 3.8) is 0 Å². The van der Waals surface area contributed by atoms with Gasteiger partial charge in [0.2, 0.25) is 0 Å². The van der Waals surface area contributed by atoms with Crippen molar-refractivity contribution in [2.45, 2.75) is 13.0 Å². The molecule has 0 aliphatic rings. The molecule has 1 unspecified atom stereocenters. The second-order valence-corrected chi connectivity index (χ2v) is 5.31. The van der Waals surface area contributed by atoms with Crippen molar-refractivity contribution in [1.29, 1.82) is 0 Å². The molecule has 110 valence electrons. The smallest absolute Gasteiger partial charge is 0.251 e. The van der Waals surface area contributed by atoms with Crippen molar-refractivity contribution in [3.05, 3.63) is 69.2 Å². The second-order valence-electron chi connectivity index (χ2n) is 4.50. The van der Waals surface area contributed by atoms with Gasteiger partial charge in [-0.1, -0.05) is 29.3 Å². The summed E-state index contributed by atoms with van der Waals surface area (Å²) in [6.07, 6.45) is 0. The van der Waals surface area contributed by atoms with Gasteiger partial charge in [-0.3, -0.25) is 4.79 Å². The predicted octanol–water partition coefficient (Wildman–Crippen LogP) is 4.76. The highest BCUT2D eigenvalue weighted by molar-refractivity contribution is 6.42. The van der Waals surface area contributed by atoms with Crippen LogP contribution in [0.2, 0.25) is 10.0 Å². The number of carbonyl (C=O) groups excluding carboxylic acids is 1. The Hall–Kier alpha value is -1.65. The molecule has 2 aromatic carbocycles. The van der Waals surface area contributed by atoms with Gasteiger partial charge in [-0.25, -0.2) is 8.78 Å². The highest BCUT2D eigenvalue weighted by atomic mass is 35.5. The van der Waals surface area contributed by atoms with E-state index in [1.54, 1.807) is 25.1 Å². The fraction of sp³-hybridized carbons (Fsp3) is 0.133. The van der Waals surface area contributed by atoms with Crippen LogP contribution in [0.3, 0.4) is 0 Å². The fourth-order valence-corrected chi connectivity index (χ4v) is 2.09. The lowest BCUT2D eigenvalue weighted by Gasteiger charge is -2.15. The lowest BCUT2D eigenvalue weighted by Crippen LogP contribution is -2.26. The average Bonchev–Trinajstić information content (AvgIpc) is 2.44. The first-order valence-corrected chi connectivity index (χ1v) is 6.85. The molecule has 0 spiro atoms. The molecule has 2 rings (SSSR count). The summed E-state index contributed by atoms with van der Waals surface area (Å²) in [5, 5.41) is 3.47. The average molecular weight is 330 g/mol. The minimum Gasteiger partial charge on any atom is -0.346 e. The third-order valence-corrected chi connectivity index (χ3v) is 3.71. The number of hydrogen-bond donors (Lipinski definition) is 1. The first-order chi connectivity index (χ1) is 9.88. The maximum absolute atomic E-state index is 13.1. The molecule has 0 saturated heterocycles. The quantitative estimate of drug-likeness (QED) is 0.863. The van der Waals surface area contributed by atoms with Gasteiger partial charge in [0.05, 0.1) is 16.1 Å². The van der Waals surface area contributed by atoms with E-state index in [4.69, 9.17) is 23.2 Å². The number of hydrogen-bond acceptors (Lipinski definition) is 1. The zero-order valence-corrected chi connectivity index (χ0v) is 12.5. The topological polar surface area (TPSA) is 29.1 Å². The molecular formula is C15H11Cl2F2NO. The van der Waals surface area contributed by atoms with Gasteiger partial charge in [0.15, 0.2) is 11.6 Å². The molecule has 21 heavy (non-hydrogen) atoms. The van der Waals surface area contributed by atoms with Crippen LogP contribution in [0.1, 0.15) is 28.9 Å². The van der Waals surface area contributed by atoms with Gasteiger partial charge in [-0.15, -0.1) is 0 Å². The van der Waals surface area contributed by atoms with Crippen molar-refractivity contribution in [3.8, 4) is 0 Å². The van der Waals surface area contributed by atoms with Gasteiger partial charge in [0, 0.05) is 5.56 Å². The zero-order valence-electron chi connectivity index (χ0n) is 11.0. The van der Waals surface area contributed by atoms with Crippen molar-refractivity contribution in [2.75, 3.05) is 0 Å². The Morgan fingerprint density at radius 1 is 1.05 bits per heavy atom. The fourth-order valence-electron chi connectivity index (χ4n) is 1.78. The molecule has 1 atom stereocenters. The molecular weight excluding hydrogens is 319 g/mol. The van der Waals surface area contributed by atoms with Crippen LogP contribution < -0.4 is 5.32 Å². The van der Waals surface area contributed by atoms with E-state index in [1.165, 1.54) is 6.07 Å². The molecule has 0 saturated carbocycles. The number of benzene rings is 2. The number of rotatable bonds is 3. The highest BCUT2D eigenvalue weighted by Gasteiger charge is 2.14. The van der Waals surface area contributed by atoms with Gasteiger partial charge < -0.3 is 5.32 Å². The van der Waals surface area contributed by atoms with E-state index in [2.05, 4.69) is 5.32 Å². The monoisotopic (exact) mass is 329 g/mol. The SMILES string of the molecule is CC(NC(=O)c1ccc(F)c(F)c1)c1ccc(Cl)c(Cl)c1. The van der Waals surface area contributed by atoms with Crippen LogP contribution in [0.5, 0.6) is 0 Å². The van der Waals surface area contributed by atoms with Crippen molar-refractivity contribution >= 4 is 29.1 Å². The minimum absolute atomic E-state index is 0.0424. The van der Waals surface area contributed by atoms with Gasteiger partial charge in [0.1, 0.15) is 0 Å². The van der Waals surface area contributed by atoms with Crippen LogP contribution in [0.25, 0.3) is 0 Å². The highest BCUT2D eigenvalue weighted by Crippen LogP contribution is 2.25. The van der Waals surface area contributed by atoms with E-state index in [0.29, 0.717) is 10.0 Å². The number of amides is 1. The van der Waals surface area contributed by atoms with E-state index >= 15 is 0 Å². The summed E-state index contributed by atoms with van der Waals surface area (Å²) >= 11 is 11.7. The third-order valence-electron chi connectivity index (χ3n) is 2.97. The number of carbonyl (C=O) groups is 1. The lowest BCUT2D eigenvalue weighted by atomic mass is 10.1. The summed E-state index contributed by atoms with van der Waals surface area (Å²) in [6.45, 7) is 1.75. The van der Waals surface area contributed by atoms with Crippen LogP contribution >= 0.6 is 23.2 Å². The number of nitrogens with one attached hydrogen (secondary N) is 1. The Bertz CT molecular complexity index is 691. The van der Waals surface area contributed by atoms with Crippen molar-refractivity contribution in [2.24, 2.45) is 0 Å². The van der Waals surface area contributed by atoms with Crippen LogP contribution in [0.4, 0.5) is 8.78 Å². The maximum atomic E-state index is 13.1. The molecule has 0 aliphatic carbocycles. The summed E-state index contributed by atoms with van der Waals surface area (Å²) < 4.78 is 25.9. The molecule has 0 aromatic heterocycles. The number of halogens is 4. The Kier molecular flexibility index (Phi) is 4.80. The van der Waals surface area contributed by atoms with E-state index in [0.717, 1.165) is 17.7 Å². The normalized spacial score (nSPS) is 12.0. The first-order valence-electron chi connectivity index (χ1n) is 6.09. The molecule has 2 nitrogen and oxygen atoms in total. The van der Waals surface area contributed by atoms with Gasteiger partial charge in [-0.05, 0) is 42.8 Å². The van der Waals surface area contributed by atoms with Gasteiger partial charge in [0.25, 0.3) is 5.91 Å². The van der Waals surface area contributed by atoms with E-state index in [9.17, 15) is 13.6 Å². The first kappa shape index (κ1) is 15.7. The summed E-state index contributed by atoms with van der Waals surface area (Å²) in [5.41, 5.74) is 0.793. The van der Waals surface area contributed by atoms with E-state index < -0.39 is 17.5 Å². The van der Waals surface area contributed by atoms with Crippen molar-refractivity contribution < 1.29 is 13.6 Å². The molecule has 6 heteroatoms. The van der Waals surface area contributed by atoms with Crippen LogP contribution in [-0.2, 0) is 0 Å². The molecule has 0 fully saturated rings. The molecule has 0 heterocycles. The Morgan fingerprint density at radius 3 is 2.38 bits per heavy atom. The van der Waals surface area contributed by atoms with E-state index in [1.807, 2.05) is 0 Å². The zero-order chi connectivity index (χ0) is 15.6. The Labute approximate surface area is 130 Å².